The van der Waals surface area contributed by atoms with Gasteiger partial charge in [-0.2, -0.15) is 0 Å². The number of pyridine rings is 1. The van der Waals surface area contributed by atoms with Crippen LogP contribution in [-0.2, 0) is 0 Å². The molecule has 1 amide bonds. The number of hydrogen-bond donors (Lipinski definition) is 2. The number of thiazole rings is 1. The Morgan fingerprint density at radius 2 is 2.07 bits per heavy atom. The second-order valence-corrected chi connectivity index (χ2v) is 9.03. The maximum absolute atomic E-state index is 13.8. The van der Waals surface area contributed by atoms with E-state index in [9.17, 15) is 13.6 Å². The van der Waals surface area contributed by atoms with Crippen molar-refractivity contribution in [2.45, 2.75) is 70.4 Å². The molecule has 0 atom stereocenters. The number of halogens is 2. The van der Waals surface area contributed by atoms with Gasteiger partial charge in [0.1, 0.15) is 5.82 Å². The molecule has 2 aromatic heterocycles. The molecule has 28 heavy (non-hydrogen) atoms. The topological polar surface area (TPSA) is 66.9 Å². The number of nitrogens with one attached hydrogen (secondary N) is 2. The number of hydrogen-bond acceptors (Lipinski definition) is 5. The standard InChI is InChI=1S/C20H24F2N4OS/c1-11-16(28-19(24-11)18(27)25-12-5-3-6-12)14-10-23-15(9-13(14)17(21)22)26-20(2)7-4-8-20/h9-10,12,17H,3-8H2,1-2H3,(H,23,26)(H,25,27). The number of rotatable bonds is 6. The number of amides is 1. The van der Waals surface area contributed by atoms with E-state index in [1.165, 1.54) is 12.3 Å². The molecule has 4 rings (SSSR count). The molecule has 0 aliphatic heterocycles. The van der Waals surface area contributed by atoms with Crippen molar-refractivity contribution in [3.63, 3.8) is 0 Å². The first kappa shape index (κ1) is 19.2. The number of carbonyl (C=O) groups is 1. The molecule has 2 saturated carbocycles. The molecule has 2 aromatic rings. The fraction of sp³-hybridized carbons (Fsp3) is 0.550. The van der Waals surface area contributed by atoms with Gasteiger partial charge in [-0.3, -0.25) is 4.79 Å². The van der Waals surface area contributed by atoms with Crippen molar-refractivity contribution < 1.29 is 13.6 Å². The fourth-order valence-corrected chi connectivity index (χ4v) is 4.60. The maximum atomic E-state index is 13.8. The second kappa shape index (κ2) is 7.39. The van der Waals surface area contributed by atoms with E-state index >= 15 is 0 Å². The predicted octanol–water partition coefficient (Wildman–Crippen LogP) is 5.09. The van der Waals surface area contributed by atoms with Gasteiger partial charge in [0.05, 0.1) is 10.6 Å². The van der Waals surface area contributed by atoms with Gasteiger partial charge in [0, 0.05) is 28.9 Å². The van der Waals surface area contributed by atoms with Gasteiger partial charge in [-0.25, -0.2) is 18.7 Å². The second-order valence-electron chi connectivity index (χ2n) is 8.03. The van der Waals surface area contributed by atoms with Crippen LogP contribution in [0.25, 0.3) is 10.4 Å². The SMILES string of the molecule is Cc1nc(C(=O)NC2CCC2)sc1-c1cnc(NC2(C)CCC2)cc1C(F)F. The summed E-state index contributed by atoms with van der Waals surface area (Å²) >= 11 is 1.15. The van der Waals surface area contributed by atoms with E-state index in [1.54, 1.807) is 6.92 Å². The molecule has 2 fully saturated rings. The maximum Gasteiger partial charge on any atom is 0.280 e. The van der Waals surface area contributed by atoms with Gasteiger partial charge >= 0.3 is 0 Å². The van der Waals surface area contributed by atoms with E-state index in [4.69, 9.17) is 0 Å². The Hall–Kier alpha value is -2.09. The van der Waals surface area contributed by atoms with E-state index in [-0.39, 0.29) is 23.1 Å². The number of carbonyl (C=O) groups excluding carboxylic acids is 1. The Morgan fingerprint density at radius 1 is 1.32 bits per heavy atom. The van der Waals surface area contributed by atoms with Crippen molar-refractivity contribution in [1.82, 2.24) is 15.3 Å². The van der Waals surface area contributed by atoms with Gasteiger partial charge in [-0.05, 0) is 58.4 Å². The quantitative estimate of drug-likeness (QED) is 0.701. The largest absolute Gasteiger partial charge is 0.365 e. The summed E-state index contributed by atoms with van der Waals surface area (Å²) in [6.45, 7) is 3.82. The van der Waals surface area contributed by atoms with Crippen LogP contribution in [0.15, 0.2) is 12.3 Å². The van der Waals surface area contributed by atoms with Crippen molar-refractivity contribution in [3.05, 3.63) is 28.5 Å². The van der Waals surface area contributed by atoms with Crippen LogP contribution in [0.3, 0.4) is 0 Å². The van der Waals surface area contributed by atoms with Crippen LogP contribution < -0.4 is 10.6 Å². The molecule has 0 saturated heterocycles. The number of anilines is 1. The Bertz CT molecular complexity index is 890. The summed E-state index contributed by atoms with van der Waals surface area (Å²) in [4.78, 5) is 21.6. The molecule has 0 bridgehead atoms. The summed E-state index contributed by atoms with van der Waals surface area (Å²) in [6.07, 6.45) is 5.07. The van der Waals surface area contributed by atoms with Gasteiger partial charge in [0.15, 0.2) is 5.01 Å². The third-order valence-electron chi connectivity index (χ3n) is 5.73. The normalized spacial score (nSPS) is 18.5. The van der Waals surface area contributed by atoms with E-state index < -0.39 is 6.43 Å². The summed E-state index contributed by atoms with van der Waals surface area (Å²) in [5.41, 5.74) is 0.760. The molecule has 5 nitrogen and oxygen atoms in total. The fourth-order valence-electron chi connectivity index (χ4n) is 3.59. The minimum Gasteiger partial charge on any atom is -0.365 e. The van der Waals surface area contributed by atoms with Crippen molar-refractivity contribution >= 4 is 23.1 Å². The Balaban J connectivity index is 1.61. The third-order valence-corrected chi connectivity index (χ3v) is 6.92. The highest BCUT2D eigenvalue weighted by Crippen LogP contribution is 2.39. The summed E-state index contributed by atoms with van der Waals surface area (Å²) in [5, 5.41) is 6.53. The first-order valence-electron chi connectivity index (χ1n) is 9.69. The molecule has 2 aliphatic rings. The first-order valence-corrected chi connectivity index (χ1v) is 10.5. The molecular weight excluding hydrogens is 382 g/mol. The van der Waals surface area contributed by atoms with Gasteiger partial charge in [-0.15, -0.1) is 11.3 Å². The average molecular weight is 407 g/mol. The van der Waals surface area contributed by atoms with Crippen molar-refractivity contribution in [2.75, 3.05) is 5.32 Å². The third kappa shape index (κ3) is 3.74. The van der Waals surface area contributed by atoms with Crippen molar-refractivity contribution in [3.8, 4) is 10.4 Å². The smallest absolute Gasteiger partial charge is 0.280 e. The summed E-state index contributed by atoms with van der Waals surface area (Å²) in [5.74, 6) is 0.234. The zero-order valence-corrected chi connectivity index (χ0v) is 16.8. The Labute approximate surface area is 167 Å². The molecule has 0 radical (unpaired) electrons. The van der Waals surface area contributed by atoms with Crippen LogP contribution >= 0.6 is 11.3 Å². The number of aromatic nitrogens is 2. The summed E-state index contributed by atoms with van der Waals surface area (Å²) in [7, 11) is 0. The van der Waals surface area contributed by atoms with E-state index in [0.717, 1.165) is 49.9 Å². The van der Waals surface area contributed by atoms with Crippen molar-refractivity contribution in [2.24, 2.45) is 0 Å². The lowest BCUT2D eigenvalue weighted by atomic mass is 9.78. The van der Waals surface area contributed by atoms with Gasteiger partial charge in [0.25, 0.3) is 12.3 Å². The molecule has 0 spiro atoms. The molecule has 2 heterocycles. The first-order chi connectivity index (χ1) is 13.3. The molecule has 2 aliphatic carbocycles. The molecule has 8 heteroatoms. The average Bonchev–Trinajstić information content (AvgIpc) is 2.98. The van der Waals surface area contributed by atoms with E-state index in [0.29, 0.717) is 27.0 Å². The minimum absolute atomic E-state index is 0.0684. The van der Waals surface area contributed by atoms with Gasteiger partial charge < -0.3 is 10.6 Å². The molecular formula is C20H24F2N4OS. The number of aryl methyl sites for hydroxylation is 1. The van der Waals surface area contributed by atoms with Crippen LogP contribution in [0.1, 0.15) is 72.9 Å². The van der Waals surface area contributed by atoms with Crippen LogP contribution in [0, 0.1) is 6.92 Å². The Morgan fingerprint density at radius 3 is 2.64 bits per heavy atom. The monoisotopic (exact) mass is 406 g/mol. The molecule has 2 N–H and O–H groups in total. The predicted molar refractivity (Wildman–Crippen MR) is 106 cm³/mol. The van der Waals surface area contributed by atoms with Crippen LogP contribution in [0.5, 0.6) is 0 Å². The van der Waals surface area contributed by atoms with Crippen LogP contribution in [0.4, 0.5) is 14.6 Å². The lowest BCUT2D eigenvalue weighted by Crippen LogP contribution is -2.41. The number of alkyl halides is 2. The lowest BCUT2D eigenvalue weighted by Gasteiger charge is -2.39. The van der Waals surface area contributed by atoms with Gasteiger partial charge in [-0.1, -0.05) is 0 Å². The highest BCUT2D eigenvalue weighted by Gasteiger charge is 2.32. The summed E-state index contributed by atoms with van der Waals surface area (Å²) in [6, 6.07) is 1.63. The zero-order chi connectivity index (χ0) is 19.9. The lowest BCUT2D eigenvalue weighted by molar-refractivity contribution is 0.0916. The molecule has 0 unspecified atom stereocenters. The summed E-state index contributed by atoms with van der Waals surface area (Å²) < 4.78 is 27.6. The van der Waals surface area contributed by atoms with Crippen molar-refractivity contribution in [1.29, 1.82) is 0 Å². The van der Waals surface area contributed by atoms with Crippen LogP contribution in [-0.4, -0.2) is 27.5 Å². The Kier molecular flexibility index (Phi) is 5.07. The van der Waals surface area contributed by atoms with Crippen LogP contribution in [0.2, 0.25) is 0 Å². The van der Waals surface area contributed by atoms with E-state index in [2.05, 4.69) is 27.5 Å². The molecule has 150 valence electrons. The van der Waals surface area contributed by atoms with E-state index in [1.807, 2.05) is 0 Å². The number of nitrogens with zero attached hydrogens (tertiary/aromatic N) is 2. The van der Waals surface area contributed by atoms with Gasteiger partial charge in [0.2, 0.25) is 0 Å². The molecule has 0 aromatic carbocycles. The minimum atomic E-state index is -2.64. The zero-order valence-electron chi connectivity index (χ0n) is 16.0. The highest BCUT2D eigenvalue weighted by atomic mass is 32.1. The highest BCUT2D eigenvalue weighted by molar-refractivity contribution is 7.17.